The minimum Gasteiger partial charge on any atom is -0.480 e. The lowest BCUT2D eigenvalue weighted by atomic mass is 9.95. The summed E-state index contributed by atoms with van der Waals surface area (Å²) < 4.78 is 26.0. The first-order valence-electron chi connectivity index (χ1n) is 16.1. The fourth-order valence-corrected chi connectivity index (χ4v) is 6.98. The molecule has 2 aromatic carbocycles. The summed E-state index contributed by atoms with van der Waals surface area (Å²) >= 11 is 14.1. The van der Waals surface area contributed by atoms with E-state index in [2.05, 4.69) is 20.6 Å². The molecule has 14 heteroatoms. The van der Waals surface area contributed by atoms with Crippen LogP contribution in [0.2, 0.25) is 10.0 Å². The topological polar surface area (TPSA) is 135 Å². The van der Waals surface area contributed by atoms with Crippen molar-refractivity contribution in [3.8, 4) is 45.4 Å². The number of aliphatic hydroxyl groups excluding tert-OH is 1. The molecule has 49 heavy (non-hydrogen) atoms. The predicted octanol–water partition coefficient (Wildman–Crippen LogP) is 5.26. The Morgan fingerprint density at radius 2 is 1.57 bits per heavy atom. The van der Waals surface area contributed by atoms with Gasteiger partial charge in [0, 0.05) is 60.9 Å². The number of benzene rings is 2. The number of amides is 1. The van der Waals surface area contributed by atoms with E-state index < -0.39 is 12.3 Å². The van der Waals surface area contributed by atoms with E-state index in [0.717, 1.165) is 6.42 Å². The Labute approximate surface area is 294 Å². The van der Waals surface area contributed by atoms with Crippen molar-refractivity contribution < 1.29 is 23.8 Å². The predicted molar refractivity (Wildman–Crippen MR) is 185 cm³/mol. The molecule has 1 amide bonds. The molecule has 4 aromatic rings. The first kappa shape index (κ1) is 34.9. The Bertz CT molecular complexity index is 1830. The number of hydrogen-bond donors (Lipinski definition) is 3. The Morgan fingerprint density at radius 1 is 0.980 bits per heavy atom. The molecule has 2 fully saturated rings. The summed E-state index contributed by atoms with van der Waals surface area (Å²) in [5.74, 6) is 0.759. The number of rotatable bonds is 12. The summed E-state index contributed by atoms with van der Waals surface area (Å²) in [6.45, 7) is 1.68. The fourth-order valence-electron chi connectivity index (χ4n) is 6.34. The quantitative estimate of drug-likeness (QED) is 0.179. The van der Waals surface area contributed by atoms with Crippen molar-refractivity contribution in [1.29, 1.82) is 0 Å². The van der Waals surface area contributed by atoms with E-state index in [9.17, 15) is 14.3 Å². The van der Waals surface area contributed by atoms with Crippen LogP contribution < -0.4 is 20.1 Å². The molecule has 0 radical (unpaired) electrons. The maximum Gasteiger partial charge on any atom is 0.237 e. The van der Waals surface area contributed by atoms with Crippen LogP contribution in [0.15, 0.2) is 48.8 Å². The number of hydrogen-bond acceptors (Lipinski definition) is 10. The van der Waals surface area contributed by atoms with Gasteiger partial charge >= 0.3 is 0 Å². The molecule has 2 saturated heterocycles. The molecule has 0 bridgehead atoms. The number of likely N-dealkylation sites (tertiary alicyclic amines) is 1. The Hall–Kier alpha value is -3.94. The smallest absolute Gasteiger partial charge is 0.237 e. The molecule has 2 aliphatic heterocycles. The molecule has 258 valence electrons. The molecule has 2 unspecified atom stereocenters. The second-order valence-electron chi connectivity index (χ2n) is 12.3. The van der Waals surface area contributed by atoms with E-state index in [1.165, 1.54) is 7.11 Å². The molecule has 11 nitrogen and oxygen atoms in total. The number of carbonyl (C=O) groups excluding carboxylic acids is 1. The van der Waals surface area contributed by atoms with E-state index in [1.807, 2.05) is 41.3 Å². The van der Waals surface area contributed by atoms with E-state index in [4.69, 9.17) is 42.6 Å². The van der Waals surface area contributed by atoms with Gasteiger partial charge in [-0.05, 0) is 25.8 Å². The number of nitrogens with zero attached hydrogens (tertiary/aromatic N) is 5. The van der Waals surface area contributed by atoms with Crippen LogP contribution >= 0.6 is 23.2 Å². The lowest BCUT2D eigenvalue weighted by Crippen LogP contribution is -2.47. The molecule has 6 rings (SSSR count). The van der Waals surface area contributed by atoms with E-state index >= 15 is 0 Å². The third kappa shape index (κ3) is 7.79. The van der Waals surface area contributed by atoms with Gasteiger partial charge in [0.15, 0.2) is 0 Å². The second kappa shape index (κ2) is 15.3. The zero-order chi connectivity index (χ0) is 34.5. The van der Waals surface area contributed by atoms with Gasteiger partial charge in [0.1, 0.15) is 17.1 Å². The Balaban J connectivity index is 1.23. The number of carbonyl (C=O) groups is 1. The van der Waals surface area contributed by atoms with E-state index in [-0.39, 0.29) is 18.5 Å². The van der Waals surface area contributed by atoms with Gasteiger partial charge in [0.2, 0.25) is 17.7 Å². The highest BCUT2D eigenvalue weighted by Crippen LogP contribution is 2.42. The number of alkyl halides is 1. The highest BCUT2D eigenvalue weighted by molar-refractivity contribution is 6.39. The average Bonchev–Trinajstić information content (AvgIpc) is 3.53. The van der Waals surface area contributed by atoms with Crippen molar-refractivity contribution in [3.63, 3.8) is 0 Å². The van der Waals surface area contributed by atoms with Crippen molar-refractivity contribution >= 4 is 29.1 Å². The zero-order valence-corrected chi connectivity index (χ0v) is 28.8. The molecular weight excluding hydrogens is 672 g/mol. The van der Waals surface area contributed by atoms with Crippen molar-refractivity contribution in [2.45, 2.75) is 50.5 Å². The summed E-state index contributed by atoms with van der Waals surface area (Å²) in [4.78, 5) is 32.1. The zero-order valence-electron chi connectivity index (χ0n) is 27.3. The standard InChI is InChI=1S/C35H38Cl2FN7O4/c1-48-33-28(15-39-14-21-10-11-30(47)42-21)40-16-26(43-33)24-8-3-6-22(31(24)36)23-7-4-9-25(32(23)37)27-17-41-29(34(44-27)49-2)18-45-13-5-12-35(38,19-45)20-46/h3-4,6-9,16-17,21,39,46H,5,10-15,18-20H2,1-2H3,(H,42,47). The SMILES string of the molecule is COc1nc(-c2cccc(-c3cccc(-c4cnc(CN5CCCC(F)(CO)C5)c(OC)n4)c3Cl)c2Cl)cnc1CNCC1CCC(=O)N1. The summed E-state index contributed by atoms with van der Waals surface area (Å²) in [6, 6.07) is 11.3. The maximum atomic E-state index is 14.8. The molecule has 4 heterocycles. The molecule has 2 aromatic heterocycles. The average molecular weight is 711 g/mol. The lowest BCUT2D eigenvalue weighted by Gasteiger charge is -2.36. The van der Waals surface area contributed by atoms with Crippen LogP contribution in [-0.4, -0.2) is 88.0 Å². The highest BCUT2D eigenvalue weighted by atomic mass is 35.5. The minimum absolute atomic E-state index is 0.0738. The molecule has 3 N–H and O–H groups in total. The van der Waals surface area contributed by atoms with E-state index in [1.54, 1.807) is 19.5 Å². The minimum atomic E-state index is -1.62. The first-order chi connectivity index (χ1) is 23.7. The lowest BCUT2D eigenvalue weighted by molar-refractivity contribution is -0.119. The normalized spacial score (nSPS) is 19.6. The van der Waals surface area contributed by atoms with Crippen LogP contribution in [0.3, 0.4) is 0 Å². The van der Waals surface area contributed by atoms with Crippen LogP contribution in [0.5, 0.6) is 11.8 Å². The van der Waals surface area contributed by atoms with Gasteiger partial charge in [0.05, 0.1) is 54.7 Å². The highest BCUT2D eigenvalue weighted by Gasteiger charge is 2.35. The van der Waals surface area contributed by atoms with E-state index in [0.29, 0.717) is 112 Å². The number of halogens is 3. The summed E-state index contributed by atoms with van der Waals surface area (Å²) in [5.41, 5.74) is 3.28. The number of piperidine rings is 1. The fraction of sp³-hybridized carbons (Fsp3) is 0.400. The first-order valence-corrected chi connectivity index (χ1v) is 16.9. The van der Waals surface area contributed by atoms with Crippen LogP contribution in [0, 0.1) is 0 Å². The molecule has 0 saturated carbocycles. The summed E-state index contributed by atoms with van der Waals surface area (Å²) in [6.07, 6.45) is 5.61. The van der Waals surface area contributed by atoms with Crippen molar-refractivity contribution in [2.75, 3.05) is 40.5 Å². The Kier molecular flexibility index (Phi) is 10.9. The number of nitrogens with one attached hydrogen (secondary N) is 2. The van der Waals surface area contributed by atoms with Crippen LogP contribution in [0.4, 0.5) is 4.39 Å². The van der Waals surface area contributed by atoms with Crippen molar-refractivity contribution in [1.82, 2.24) is 35.5 Å². The van der Waals surface area contributed by atoms with Gasteiger partial charge in [-0.15, -0.1) is 0 Å². The van der Waals surface area contributed by atoms with Crippen LogP contribution in [0.25, 0.3) is 33.6 Å². The van der Waals surface area contributed by atoms with Gasteiger partial charge in [-0.3, -0.25) is 19.7 Å². The molecular formula is C35H38Cl2FN7O4. The van der Waals surface area contributed by atoms with Crippen LogP contribution in [0.1, 0.15) is 37.1 Å². The molecule has 2 aliphatic rings. The van der Waals surface area contributed by atoms with Crippen LogP contribution in [-0.2, 0) is 17.9 Å². The van der Waals surface area contributed by atoms with Crippen molar-refractivity contribution in [3.05, 3.63) is 70.2 Å². The Morgan fingerprint density at radius 3 is 2.14 bits per heavy atom. The molecule has 2 atom stereocenters. The third-order valence-corrected chi connectivity index (χ3v) is 9.69. The van der Waals surface area contributed by atoms with Gasteiger partial charge in [0.25, 0.3) is 0 Å². The number of aliphatic hydroxyl groups is 1. The van der Waals surface area contributed by atoms with Gasteiger partial charge in [-0.1, -0.05) is 59.6 Å². The van der Waals surface area contributed by atoms with Crippen molar-refractivity contribution in [2.24, 2.45) is 0 Å². The molecule has 0 aliphatic carbocycles. The van der Waals surface area contributed by atoms with Gasteiger partial charge in [-0.25, -0.2) is 14.4 Å². The monoisotopic (exact) mass is 709 g/mol. The number of aromatic nitrogens is 4. The van der Waals surface area contributed by atoms with Gasteiger partial charge < -0.3 is 25.2 Å². The molecule has 0 spiro atoms. The largest absolute Gasteiger partial charge is 0.480 e. The maximum absolute atomic E-state index is 14.8. The summed E-state index contributed by atoms with van der Waals surface area (Å²) in [7, 11) is 3.06. The number of methoxy groups -OCH3 is 2. The van der Waals surface area contributed by atoms with Gasteiger partial charge in [-0.2, -0.15) is 0 Å². The number of ether oxygens (including phenoxy) is 2. The summed E-state index contributed by atoms with van der Waals surface area (Å²) in [5, 5.41) is 16.6. The second-order valence-corrected chi connectivity index (χ2v) is 13.1. The third-order valence-electron chi connectivity index (χ3n) is 8.88.